The zero-order chi connectivity index (χ0) is 11.8. The van der Waals surface area contributed by atoms with Crippen molar-refractivity contribution in [2.75, 3.05) is 20.3 Å². The molecule has 0 aliphatic carbocycles. The van der Waals surface area contributed by atoms with Crippen LogP contribution in [0.2, 0.25) is 0 Å². The van der Waals surface area contributed by atoms with Crippen LogP contribution in [0.25, 0.3) is 0 Å². The molecule has 0 N–H and O–H groups in total. The second-order valence-corrected chi connectivity index (χ2v) is 3.68. The van der Waals surface area contributed by atoms with Crippen molar-refractivity contribution in [3.05, 3.63) is 35.4 Å². The third-order valence-corrected chi connectivity index (χ3v) is 2.30. The average molecular weight is 222 g/mol. The minimum absolute atomic E-state index is 0.287. The van der Waals surface area contributed by atoms with E-state index in [1.54, 1.807) is 12.1 Å². The van der Waals surface area contributed by atoms with E-state index in [0.717, 1.165) is 18.8 Å². The Kier molecular flexibility index (Phi) is 5.57. The maximum atomic E-state index is 10.9. The molecule has 1 heterocycles. The van der Waals surface area contributed by atoms with E-state index in [-0.39, 0.29) is 5.97 Å². The fourth-order valence-corrected chi connectivity index (χ4v) is 1.32. The van der Waals surface area contributed by atoms with Gasteiger partial charge in [0.25, 0.3) is 0 Å². The number of carbonyl (C=O) groups excluding carboxylic acids is 1. The Labute approximate surface area is 96.4 Å². The molecule has 0 unspecified atom stereocenters. The van der Waals surface area contributed by atoms with Gasteiger partial charge in [-0.15, -0.1) is 0 Å². The topological polar surface area (TPSA) is 35.5 Å². The molecule has 0 aromatic heterocycles. The number of esters is 1. The largest absolute Gasteiger partial charge is 0.465 e. The summed E-state index contributed by atoms with van der Waals surface area (Å²) in [4.78, 5) is 10.9. The van der Waals surface area contributed by atoms with Gasteiger partial charge in [0.05, 0.1) is 12.7 Å². The van der Waals surface area contributed by atoms with Crippen molar-refractivity contribution in [2.24, 2.45) is 0 Å². The first-order valence-corrected chi connectivity index (χ1v) is 5.47. The van der Waals surface area contributed by atoms with Gasteiger partial charge in [-0.3, -0.25) is 0 Å². The maximum Gasteiger partial charge on any atom is 0.337 e. The van der Waals surface area contributed by atoms with E-state index in [2.05, 4.69) is 4.74 Å². The van der Waals surface area contributed by atoms with Crippen LogP contribution in [0.5, 0.6) is 0 Å². The van der Waals surface area contributed by atoms with Crippen molar-refractivity contribution < 1.29 is 14.3 Å². The number of methoxy groups -OCH3 is 1. The predicted molar refractivity (Wildman–Crippen MR) is 62.6 cm³/mol. The summed E-state index contributed by atoms with van der Waals surface area (Å²) >= 11 is 0. The second-order valence-electron chi connectivity index (χ2n) is 3.68. The Bertz CT molecular complexity index is 305. The molecule has 0 amide bonds. The molecule has 88 valence electrons. The van der Waals surface area contributed by atoms with Crippen molar-refractivity contribution in [3.8, 4) is 0 Å². The molecule has 0 spiro atoms. The Balaban J connectivity index is 0.000000212. The molecule has 1 aliphatic heterocycles. The van der Waals surface area contributed by atoms with Crippen LogP contribution in [-0.2, 0) is 9.47 Å². The normalized spacial score (nSPS) is 13.9. The summed E-state index contributed by atoms with van der Waals surface area (Å²) in [6.45, 7) is 3.97. The smallest absolute Gasteiger partial charge is 0.337 e. The van der Waals surface area contributed by atoms with Gasteiger partial charge in [-0.05, 0) is 31.9 Å². The highest BCUT2D eigenvalue weighted by Gasteiger charge is 2.01. The van der Waals surface area contributed by atoms with Crippen LogP contribution >= 0.6 is 0 Å². The number of aryl methyl sites for hydroxylation is 1. The molecule has 0 radical (unpaired) electrons. The minimum atomic E-state index is -0.287. The van der Waals surface area contributed by atoms with Gasteiger partial charge < -0.3 is 9.47 Å². The highest BCUT2D eigenvalue weighted by molar-refractivity contribution is 5.89. The van der Waals surface area contributed by atoms with Crippen molar-refractivity contribution >= 4 is 5.97 Å². The van der Waals surface area contributed by atoms with Crippen LogP contribution in [0.1, 0.15) is 28.8 Å². The first-order chi connectivity index (χ1) is 7.74. The third-order valence-electron chi connectivity index (χ3n) is 2.30. The number of hydrogen-bond donors (Lipinski definition) is 0. The lowest BCUT2D eigenvalue weighted by molar-refractivity contribution is 0.0600. The minimum Gasteiger partial charge on any atom is -0.465 e. The molecule has 2 rings (SSSR count). The lowest BCUT2D eigenvalue weighted by atomic mass is 10.2. The second kappa shape index (κ2) is 7.01. The molecule has 1 fully saturated rings. The van der Waals surface area contributed by atoms with Crippen molar-refractivity contribution in [1.82, 2.24) is 0 Å². The number of rotatable bonds is 1. The van der Waals surface area contributed by atoms with E-state index in [0.29, 0.717) is 5.56 Å². The monoisotopic (exact) mass is 222 g/mol. The van der Waals surface area contributed by atoms with Gasteiger partial charge in [0.2, 0.25) is 0 Å². The van der Waals surface area contributed by atoms with Gasteiger partial charge in [0.1, 0.15) is 0 Å². The fraction of sp³-hybridized carbons (Fsp3) is 0.462. The molecule has 16 heavy (non-hydrogen) atoms. The van der Waals surface area contributed by atoms with E-state index >= 15 is 0 Å². The molecule has 1 saturated heterocycles. The van der Waals surface area contributed by atoms with Crippen molar-refractivity contribution in [1.29, 1.82) is 0 Å². The molecular weight excluding hydrogens is 204 g/mol. The molecular formula is C13H18O3. The summed E-state index contributed by atoms with van der Waals surface area (Å²) in [5.74, 6) is -0.287. The van der Waals surface area contributed by atoms with E-state index in [1.807, 2.05) is 19.1 Å². The summed E-state index contributed by atoms with van der Waals surface area (Å²) in [6, 6.07) is 7.26. The summed E-state index contributed by atoms with van der Waals surface area (Å²) in [5, 5.41) is 0. The van der Waals surface area contributed by atoms with Gasteiger partial charge in [-0.1, -0.05) is 17.7 Å². The molecule has 1 aromatic rings. The SMILES string of the molecule is C1CCOC1.COC(=O)c1ccc(C)cc1. The quantitative estimate of drug-likeness (QED) is 0.685. The Hall–Kier alpha value is -1.35. The summed E-state index contributed by atoms with van der Waals surface area (Å²) < 4.78 is 9.48. The highest BCUT2D eigenvalue weighted by atomic mass is 16.5. The van der Waals surface area contributed by atoms with Crippen LogP contribution in [0.4, 0.5) is 0 Å². The van der Waals surface area contributed by atoms with E-state index in [4.69, 9.17) is 4.74 Å². The third kappa shape index (κ3) is 4.45. The van der Waals surface area contributed by atoms with E-state index in [1.165, 1.54) is 20.0 Å². The van der Waals surface area contributed by atoms with Crippen molar-refractivity contribution in [3.63, 3.8) is 0 Å². The Morgan fingerprint density at radius 3 is 2.12 bits per heavy atom. The average Bonchev–Trinajstić information content (AvgIpc) is 2.88. The van der Waals surface area contributed by atoms with Gasteiger partial charge in [-0.2, -0.15) is 0 Å². The maximum absolute atomic E-state index is 10.9. The molecule has 0 saturated carbocycles. The lowest BCUT2D eigenvalue weighted by Crippen LogP contribution is -2.00. The molecule has 3 heteroatoms. The van der Waals surface area contributed by atoms with Crippen LogP contribution in [0.3, 0.4) is 0 Å². The lowest BCUT2D eigenvalue weighted by Gasteiger charge is -1.97. The fourth-order valence-electron chi connectivity index (χ4n) is 1.32. The van der Waals surface area contributed by atoms with Crippen molar-refractivity contribution in [2.45, 2.75) is 19.8 Å². The number of benzene rings is 1. The summed E-state index contributed by atoms with van der Waals surface area (Å²) in [5.41, 5.74) is 1.73. The van der Waals surface area contributed by atoms with Crippen LogP contribution in [0, 0.1) is 6.92 Å². The van der Waals surface area contributed by atoms with E-state index < -0.39 is 0 Å². The molecule has 0 bridgehead atoms. The first-order valence-electron chi connectivity index (χ1n) is 5.47. The molecule has 3 nitrogen and oxygen atoms in total. The van der Waals surface area contributed by atoms with Gasteiger partial charge in [0.15, 0.2) is 0 Å². The zero-order valence-corrected chi connectivity index (χ0v) is 9.86. The zero-order valence-electron chi connectivity index (χ0n) is 9.86. The van der Waals surface area contributed by atoms with Gasteiger partial charge in [-0.25, -0.2) is 4.79 Å². The Morgan fingerprint density at radius 2 is 1.75 bits per heavy atom. The highest BCUT2D eigenvalue weighted by Crippen LogP contribution is 2.03. The van der Waals surface area contributed by atoms with E-state index in [9.17, 15) is 4.79 Å². The molecule has 1 aromatic carbocycles. The standard InChI is InChI=1S/C9H10O2.C4H8O/c1-7-3-5-8(6-4-7)9(10)11-2;1-2-4-5-3-1/h3-6H,1-2H3;1-4H2. The van der Waals surface area contributed by atoms with Gasteiger partial charge >= 0.3 is 5.97 Å². The number of carbonyl (C=O) groups is 1. The summed E-state index contributed by atoms with van der Waals surface area (Å²) in [7, 11) is 1.38. The van der Waals surface area contributed by atoms with Crippen LogP contribution in [-0.4, -0.2) is 26.3 Å². The predicted octanol–water partition coefficient (Wildman–Crippen LogP) is 2.58. The molecule has 1 aliphatic rings. The Morgan fingerprint density at radius 1 is 1.19 bits per heavy atom. The van der Waals surface area contributed by atoms with Gasteiger partial charge in [0, 0.05) is 13.2 Å². The van der Waals surface area contributed by atoms with Crippen LogP contribution in [0.15, 0.2) is 24.3 Å². The number of ether oxygens (including phenoxy) is 2. The number of hydrogen-bond acceptors (Lipinski definition) is 3. The summed E-state index contributed by atoms with van der Waals surface area (Å²) in [6.07, 6.45) is 2.56. The van der Waals surface area contributed by atoms with Crippen LogP contribution < -0.4 is 0 Å². The first kappa shape index (κ1) is 12.7. The molecule has 0 atom stereocenters.